The van der Waals surface area contributed by atoms with E-state index in [0.29, 0.717) is 17.0 Å². The minimum atomic E-state index is -0.976. The van der Waals surface area contributed by atoms with Crippen LogP contribution in [0.15, 0.2) is 30.3 Å². The largest absolute Gasteiger partial charge is 0.449 e. The Kier molecular flexibility index (Phi) is 4.07. The first-order valence-corrected chi connectivity index (χ1v) is 6.53. The summed E-state index contributed by atoms with van der Waals surface area (Å²) < 4.78 is 6.71. The van der Waals surface area contributed by atoms with Crippen molar-refractivity contribution in [3.8, 4) is 5.69 Å². The van der Waals surface area contributed by atoms with E-state index in [2.05, 4.69) is 5.10 Å². The number of rotatable bonds is 4. The molecule has 0 unspecified atom stereocenters. The third-order valence-corrected chi connectivity index (χ3v) is 3.18. The Bertz CT molecular complexity index is 677. The number of nitrogens with two attached hydrogens (primary N) is 1. The number of aryl methyl sites for hydroxylation is 1. The standard InChI is InChI=1S/C15H17N3O3/c1-9-13(15(20)21-11(3)14(16)19)10(2)18(17-9)12-7-5-4-6-8-12/h4-8,11H,1-3H3,(H2,16,19)/t11-/m1/s1. The Morgan fingerprint density at radius 3 is 2.43 bits per heavy atom. The number of hydrogen-bond acceptors (Lipinski definition) is 4. The molecule has 2 rings (SSSR count). The van der Waals surface area contributed by atoms with E-state index < -0.39 is 18.0 Å². The van der Waals surface area contributed by atoms with E-state index in [1.807, 2.05) is 30.3 Å². The molecule has 21 heavy (non-hydrogen) atoms. The minimum Gasteiger partial charge on any atom is -0.449 e. The normalized spacial score (nSPS) is 12.0. The van der Waals surface area contributed by atoms with Gasteiger partial charge in [-0.2, -0.15) is 5.10 Å². The van der Waals surface area contributed by atoms with Crippen molar-refractivity contribution in [2.45, 2.75) is 26.9 Å². The zero-order valence-corrected chi connectivity index (χ0v) is 12.2. The fourth-order valence-electron chi connectivity index (χ4n) is 2.04. The van der Waals surface area contributed by atoms with Gasteiger partial charge in [-0.1, -0.05) is 18.2 Å². The van der Waals surface area contributed by atoms with Crippen LogP contribution in [-0.2, 0) is 9.53 Å². The molecule has 6 heteroatoms. The number of aromatic nitrogens is 2. The van der Waals surface area contributed by atoms with Crippen LogP contribution >= 0.6 is 0 Å². The molecule has 0 spiro atoms. The van der Waals surface area contributed by atoms with Crippen LogP contribution in [0.2, 0.25) is 0 Å². The molecule has 110 valence electrons. The molecule has 1 amide bonds. The van der Waals surface area contributed by atoms with Gasteiger partial charge in [0.15, 0.2) is 6.10 Å². The molecule has 0 fully saturated rings. The third kappa shape index (κ3) is 2.94. The van der Waals surface area contributed by atoms with Gasteiger partial charge in [-0.05, 0) is 32.9 Å². The van der Waals surface area contributed by atoms with Gasteiger partial charge in [0.05, 0.1) is 17.1 Å². The van der Waals surface area contributed by atoms with Crippen molar-refractivity contribution in [1.82, 2.24) is 9.78 Å². The number of nitrogens with zero attached hydrogens (tertiary/aromatic N) is 2. The Morgan fingerprint density at radius 1 is 1.24 bits per heavy atom. The van der Waals surface area contributed by atoms with Crippen LogP contribution in [0.4, 0.5) is 0 Å². The SMILES string of the molecule is Cc1nn(-c2ccccc2)c(C)c1C(=O)O[C@H](C)C(N)=O. The molecule has 0 aliphatic rings. The zero-order valence-electron chi connectivity index (χ0n) is 12.2. The molecular formula is C15H17N3O3. The van der Waals surface area contributed by atoms with Crippen molar-refractivity contribution in [3.05, 3.63) is 47.3 Å². The van der Waals surface area contributed by atoms with Gasteiger partial charge in [-0.25, -0.2) is 9.48 Å². The van der Waals surface area contributed by atoms with Gasteiger partial charge in [-0.3, -0.25) is 4.79 Å². The molecule has 2 N–H and O–H groups in total. The molecule has 0 radical (unpaired) electrons. The number of ether oxygens (including phenoxy) is 1. The highest BCUT2D eigenvalue weighted by atomic mass is 16.5. The van der Waals surface area contributed by atoms with Gasteiger partial charge < -0.3 is 10.5 Å². The second-order valence-electron chi connectivity index (χ2n) is 4.74. The smallest absolute Gasteiger partial charge is 0.342 e. The average Bonchev–Trinajstić information content (AvgIpc) is 2.74. The monoisotopic (exact) mass is 287 g/mol. The maximum Gasteiger partial charge on any atom is 0.342 e. The summed E-state index contributed by atoms with van der Waals surface area (Å²) in [4.78, 5) is 23.1. The lowest BCUT2D eigenvalue weighted by Gasteiger charge is -2.10. The topological polar surface area (TPSA) is 87.2 Å². The van der Waals surface area contributed by atoms with Gasteiger partial charge >= 0.3 is 5.97 Å². The summed E-state index contributed by atoms with van der Waals surface area (Å²) >= 11 is 0. The summed E-state index contributed by atoms with van der Waals surface area (Å²) in [5.41, 5.74) is 7.49. The van der Waals surface area contributed by atoms with E-state index in [-0.39, 0.29) is 0 Å². The fraction of sp³-hybridized carbons (Fsp3) is 0.267. The highest BCUT2D eigenvalue weighted by Gasteiger charge is 2.23. The number of carbonyl (C=O) groups is 2. The average molecular weight is 287 g/mol. The first-order chi connectivity index (χ1) is 9.91. The quantitative estimate of drug-likeness (QED) is 0.864. The first kappa shape index (κ1) is 14.8. The Hall–Kier alpha value is -2.63. The predicted octanol–water partition coefficient (Wildman–Crippen LogP) is 1.52. The molecule has 0 aliphatic carbocycles. The Morgan fingerprint density at radius 2 is 1.86 bits per heavy atom. The van der Waals surface area contributed by atoms with Crippen LogP contribution in [0.25, 0.3) is 5.69 Å². The maximum atomic E-state index is 12.2. The highest BCUT2D eigenvalue weighted by molar-refractivity contribution is 5.94. The van der Waals surface area contributed by atoms with Crippen molar-refractivity contribution in [2.75, 3.05) is 0 Å². The van der Waals surface area contributed by atoms with Crippen molar-refractivity contribution in [2.24, 2.45) is 5.73 Å². The lowest BCUT2D eigenvalue weighted by atomic mass is 10.2. The second-order valence-corrected chi connectivity index (χ2v) is 4.74. The van der Waals surface area contributed by atoms with E-state index in [0.717, 1.165) is 5.69 Å². The number of hydrogen-bond donors (Lipinski definition) is 1. The molecule has 0 aliphatic heterocycles. The van der Waals surface area contributed by atoms with Crippen LogP contribution in [0.3, 0.4) is 0 Å². The Labute approximate surface area is 122 Å². The molecule has 0 saturated carbocycles. The molecule has 1 aromatic heterocycles. The van der Waals surface area contributed by atoms with E-state index in [1.54, 1.807) is 18.5 Å². The third-order valence-electron chi connectivity index (χ3n) is 3.18. The second kappa shape index (κ2) is 5.78. The van der Waals surface area contributed by atoms with Crippen LogP contribution in [0.5, 0.6) is 0 Å². The van der Waals surface area contributed by atoms with Gasteiger partial charge in [-0.15, -0.1) is 0 Å². The van der Waals surface area contributed by atoms with Crippen molar-refractivity contribution >= 4 is 11.9 Å². The van der Waals surface area contributed by atoms with Crippen LogP contribution in [0.1, 0.15) is 28.7 Å². The summed E-state index contributed by atoms with van der Waals surface area (Å²) in [6.45, 7) is 4.93. The van der Waals surface area contributed by atoms with Crippen LogP contribution in [0, 0.1) is 13.8 Å². The number of amides is 1. The Balaban J connectivity index is 2.36. The molecule has 0 bridgehead atoms. The lowest BCUT2D eigenvalue weighted by Crippen LogP contribution is -2.30. The molecule has 6 nitrogen and oxygen atoms in total. The number of carbonyl (C=O) groups excluding carboxylic acids is 2. The van der Waals surface area contributed by atoms with E-state index in [4.69, 9.17) is 10.5 Å². The van der Waals surface area contributed by atoms with Crippen molar-refractivity contribution in [1.29, 1.82) is 0 Å². The molecule has 1 aromatic carbocycles. The maximum absolute atomic E-state index is 12.2. The first-order valence-electron chi connectivity index (χ1n) is 6.53. The van der Waals surface area contributed by atoms with Crippen LogP contribution < -0.4 is 5.73 Å². The highest BCUT2D eigenvalue weighted by Crippen LogP contribution is 2.19. The molecule has 0 saturated heterocycles. The predicted molar refractivity (Wildman–Crippen MR) is 77.1 cm³/mol. The van der Waals surface area contributed by atoms with E-state index in [9.17, 15) is 9.59 Å². The number of benzene rings is 1. The molecule has 1 atom stereocenters. The summed E-state index contributed by atoms with van der Waals surface area (Å²) in [5.74, 6) is -1.28. The number of esters is 1. The van der Waals surface area contributed by atoms with Crippen molar-refractivity contribution in [3.63, 3.8) is 0 Å². The minimum absolute atomic E-state index is 0.354. The van der Waals surface area contributed by atoms with Crippen molar-refractivity contribution < 1.29 is 14.3 Å². The van der Waals surface area contributed by atoms with Gasteiger partial charge in [0.25, 0.3) is 5.91 Å². The fourth-order valence-corrected chi connectivity index (χ4v) is 2.04. The molecule has 2 aromatic rings. The lowest BCUT2D eigenvalue weighted by molar-refractivity contribution is -0.125. The summed E-state index contributed by atoms with van der Waals surface area (Å²) in [6, 6.07) is 9.46. The zero-order chi connectivity index (χ0) is 15.6. The van der Waals surface area contributed by atoms with Gasteiger partial charge in [0.1, 0.15) is 5.56 Å². The number of primary amides is 1. The van der Waals surface area contributed by atoms with Crippen LogP contribution in [-0.4, -0.2) is 27.8 Å². The van der Waals surface area contributed by atoms with E-state index >= 15 is 0 Å². The van der Waals surface area contributed by atoms with E-state index in [1.165, 1.54) is 6.92 Å². The summed E-state index contributed by atoms with van der Waals surface area (Å²) in [6.07, 6.45) is -0.976. The summed E-state index contributed by atoms with van der Waals surface area (Å²) in [5, 5.41) is 4.35. The van der Waals surface area contributed by atoms with Gasteiger partial charge in [0, 0.05) is 0 Å². The van der Waals surface area contributed by atoms with Gasteiger partial charge in [0.2, 0.25) is 0 Å². The molecule has 1 heterocycles. The number of para-hydroxylation sites is 1. The molecular weight excluding hydrogens is 270 g/mol. The summed E-state index contributed by atoms with van der Waals surface area (Å²) in [7, 11) is 0.